The minimum Gasteiger partial charge on any atom is -0.505 e. The lowest BCUT2D eigenvalue weighted by atomic mass is 10.0. The molecule has 4 amide bonds. The Hall–Kier alpha value is -20.8. The first-order valence-electron chi connectivity index (χ1n) is 44.9. The Labute approximate surface area is 858 Å². The Morgan fingerprint density at radius 2 is 0.745 bits per heavy atom. The van der Waals surface area contributed by atoms with Crippen LogP contribution in [0.3, 0.4) is 0 Å². The second-order valence-corrected chi connectivity index (χ2v) is 35.9. The fourth-order valence-electron chi connectivity index (χ4n) is 15.7. The van der Waals surface area contributed by atoms with Crippen LogP contribution < -0.4 is 16.0 Å². The van der Waals surface area contributed by atoms with Gasteiger partial charge in [-0.2, -0.15) is 55.3 Å². The molecule has 22 aromatic rings. The topological polar surface area (TPSA) is 469 Å². The lowest BCUT2D eigenvalue weighted by Crippen LogP contribution is -2.37. The average Bonchev–Trinajstić information content (AvgIpc) is 1.77. The van der Waals surface area contributed by atoms with E-state index in [1.807, 2.05) is 152 Å². The van der Waals surface area contributed by atoms with Gasteiger partial charge in [0.2, 0.25) is 16.2 Å². The first-order valence-corrected chi connectivity index (χ1v) is 48.6. The smallest absolute Gasteiger partial charge is 0.263 e. The molecule has 0 aliphatic carbocycles. The molecule has 0 saturated carbocycles. The number of benzene rings is 14. The van der Waals surface area contributed by atoms with Crippen molar-refractivity contribution >= 4 is 220 Å². The summed E-state index contributed by atoms with van der Waals surface area (Å²) >= 11 is 5.63. The molecular weight excluding hydrogens is 1960 g/mol. The summed E-state index contributed by atoms with van der Waals surface area (Å²) in [7, 11) is 0. The number of phenolic OH excluding ortho intramolecular Hbond substituents is 4. The Morgan fingerprint density at radius 1 is 0.376 bits per heavy atom. The third-order valence-electron chi connectivity index (χ3n) is 22.9. The van der Waals surface area contributed by atoms with Gasteiger partial charge in [0, 0.05) is 68.8 Å². The molecule has 1 saturated heterocycles. The average molecular weight is 2030 g/mol. The highest BCUT2D eigenvalue weighted by Crippen LogP contribution is 2.48. The van der Waals surface area contributed by atoms with E-state index in [1.165, 1.54) is 66.2 Å². The van der Waals surface area contributed by atoms with Gasteiger partial charge in [0.25, 0.3) is 52.3 Å². The number of carbonyl (C=O) groups is 4. The van der Waals surface area contributed by atoms with Gasteiger partial charge in [-0.25, -0.2) is 34.3 Å². The SMILES string of the molecule is [C-]#[N+]c1cnn(-c2nc3ccccc3[nH]2)c1N=Nc1c(O)c(C(=O)Nc2ccccc2)cc2ccccc12.[C-]#[N+]c1cnn(-c2nc3ccccc3s2)c1N=Nc1c(O)c(C(=O)Nc2ccccc2)cc2ccccc12.[C-]#[N+]c1cnn(-c2ncsn2)c1N=Nc1c(O)c(C(=O)N2CCSCC2)cc2ccccc12.[C-]#[N+]c1cnn(-c2nnc(-c3ccccc3)s2)c1N=Nc1c(O)c(C(=O)Nc2ccccc2)cc2ccccc12. The lowest BCUT2D eigenvalue weighted by molar-refractivity contribution is 0.0768. The number of para-hydroxylation sites is 6. The molecule has 0 atom stereocenters. The number of aromatic hydroxyl groups is 4. The number of carbonyl (C=O) groups excluding carboxylic acids is 4. The van der Waals surface area contributed by atoms with Crippen LogP contribution in [-0.4, -0.2) is 147 Å². The summed E-state index contributed by atoms with van der Waals surface area (Å²) in [5, 5.41) is 120. The Bertz CT molecular complexity index is 8890. The number of hydrogen-bond acceptors (Lipinski definition) is 30. The van der Waals surface area contributed by atoms with Crippen LogP contribution in [0.1, 0.15) is 41.4 Å². The largest absolute Gasteiger partial charge is 0.505 e. The van der Waals surface area contributed by atoms with Crippen molar-refractivity contribution in [3.63, 3.8) is 0 Å². The summed E-state index contributed by atoms with van der Waals surface area (Å²) < 4.78 is 10.6. The van der Waals surface area contributed by atoms with Crippen molar-refractivity contribution in [1.82, 2.24) is 78.5 Å². The first kappa shape index (κ1) is 95.8. The number of thiazole rings is 1. The molecule has 1 aliphatic rings. The number of azo groups is 4. The zero-order valence-corrected chi connectivity index (χ0v) is 80.3. The molecule has 14 aromatic carbocycles. The van der Waals surface area contributed by atoms with Crippen LogP contribution in [0.25, 0.3) is 116 Å². The van der Waals surface area contributed by atoms with Gasteiger partial charge >= 0.3 is 0 Å². The summed E-state index contributed by atoms with van der Waals surface area (Å²) in [5.74, 6) is -0.0661. The maximum absolute atomic E-state index is 13.2. The van der Waals surface area contributed by atoms with E-state index < -0.39 is 17.7 Å². The minimum absolute atomic E-state index is 0.0343. The van der Waals surface area contributed by atoms with Crippen LogP contribution in [0, 0.1) is 26.3 Å². The van der Waals surface area contributed by atoms with Crippen molar-refractivity contribution in [1.29, 1.82) is 0 Å². The molecule has 8 aromatic heterocycles. The van der Waals surface area contributed by atoms with Crippen molar-refractivity contribution in [2.45, 2.75) is 0 Å². The van der Waals surface area contributed by atoms with Gasteiger partial charge in [-0.15, -0.1) is 51.1 Å². The number of anilines is 3. The quantitative estimate of drug-likeness (QED) is 0.0259. The van der Waals surface area contributed by atoms with Crippen molar-refractivity contribution in [2.75, 3.05) is 40.5 Å². The van der Waals surface area contributed by atoms with Crippen LogP contribution in [0.4, 0.5) is 85.8 Å². The molecule has 0 bridgehead atoms. The second kappa shape index (κ2) is 43.4. The number of rotatable bonds is 20. The summed E-state index contributed by atoms with van der Waals surface area (Å²) in [4.78, 5) is 84.6. The monoisotopic (exact) mass is 2030 g/mol. The van der Waals surface area contributed by atoms with Gasteiger partial charge < -0.3 is 46.3 Å². The van der Waals surface area contributed by atoms with E-state index >= 15 is 0 Å². The highest BCUT2D eigenvalue weighted by atomic mass is 32.2. The van der Waals surface area contributed by atoms with E-state index in [0.717, 1.165) is 55.2 Å². The van der Waals surface area contributed by atoms with Crippen LogP contribution in [0.2, 0.25) is 0 Å². The second-order valence-electron chi connectivity index (χ2n) is 32.1. The fourth-order valence-corrected chi connectivity index (χ4v) is 18.7. The van der Waals surface area contributed by atoms with Crippen LogP contribution in [-0.2, 0) is 0 Å². The molecule has 0 spiro atoms. The van der Waals surface area contributed by atoms with Crippen molar-refractivity contribution in [3.05, 3.63) is 389 Å². The summed E-state index contributed by atoms with van der Waals surface area (Å²) in [6.45, 7) is 31.4. The van der Waals surface area contributed by atoms with Gasteiger partial charge in [0.15, 0.2) is 46.3 Å². The van der Waals surface area contributed by atoms with Crippen molar-refractivity contribution in [2.24, 2.45) is 40.9 Å². The van der Waals surface area contributed by atoms with E-state index in [0.29, 0.717) is 89.1 Å². The summed E-state index contributed by atoms with van der Waals surface area (Å²) in [6.07, 6.45) is 5.49. The standard InChI is InChI=1S/C29H18N8O2S.C28H18N8O2.C28H17N7O2S.C21H16N8O2S2/c1-30-23-17-31-37(29-36-35-28(40-29)18-10-4-2-5-11-18)26(23)34-33-24-21-15-9-8-12-19(21)16-22(25(24)38)27(39)32-20-13-6-3-7-14-20;1-29-23-16-30-36(28-32-21-13-7-8-14-22(21)33-28)26(23)35-34-24-19-12-6-5-9-17(19)15-20(25(24)37)27(38)31-18-10-3-2-4-11-18;1-29-22-16-30-35(28-32-21-13-7-8-14-23(21)38-28)26(22)34-33-24-19-12-6-5-9-17(19)15-20(25(24)36)27(37)31-18-10-3-2-4-11-18;1-22-16-11-24-29(21-23-12-33-27-21)19(16)26-25-17-14-5-3-2-4-13(14)10-15(18(17)30)20(31)28-6-8-32-9-7-28/h2-17,38H,(H,32,39);2-16,37H,(H,31,38)(H,32,33);2-16,36H,(H,31,37);2-5,10-12,30H,6-9H2. The van der Waals surface area contributed by atoms with Gasteiger partial charge in [-0.3, -0.25) is 19.2 Å². The zero-order valence-electron chi connectivity index (χ0n) is 77.1. The number of aromatic nitrogens is 15. The van der Waals surface area contributed by atoms with Crippen molar-refractivity contribution < 1.29 is 39.6 Å². The number of amides is 4. The number of imidazole rings is 1. The number of hydrogen-bond donors (Lipinski definition) is 8. The Morgan fingerprint density at radius 3 is 1.17 bits per heavy atom. The number of aromatic amines is 1. The molecule has 0 unspecified atom stereocenters. The minimum atomic E-state index is -0.500. The predicted molar refractivity (Wildman–Crippen MR) is 570 cm³/mol. The number of nitrogens with zero attached hydrogens (tertiary/aromatic N) is 27. The molecule has 8 N–H and O–H groups in total. The molecule has 0 radical (unpaired) electrons. The van der Waals surface area contributed by atoms with E-state index in [1.54, 1.807) is 162 Å². The molecule has 1 fully saturated rings. The van der Waals surface area contributed by atoms with E-state index in [4.69, 9.17) is 26.3 Å². The third-order valence-corrected chi connectivity index (χ3v) is 26.3. The molecule has 149 heavy (non-hydrogen) atoms. The van der Waals surface area contributed by atoms with E-state index in [2.05, 4.69) is 131 Å². The lowest BCUT2D eigenvalue weighted by Gasteiger charge is -2.27. The molecular formula is C106H69N31O8S4. The number of thioether (sulfide) groups is 1. The van der Waals surface area contributed by atoms with Gasteiger partial charge in [-0.05, 0) is 118 Å². The Balaban J connectivity index is 0.000000121. The number of fused-ring (bicyclic) bond motifs is 6. The first-order chi connectivity index (χ1) is 73.0. The molecule has 43 heteroatoms. The maximum Gasteiger partial charge on any atom is 0.263 e. The molecule has 39 nitrogen and oxygen atoms in total. The van der Waals surface area contributed by atoms with Crippen LogP contribution in [0.5, 0.6) is 23.0 Å². The number of nitrogens with one attached hydrogen (secondary N) is 4. The third kappa shape index (κ3) is 20.3. The highest BCUT2D eigenvalue weighted by molar-refractivity contribution is 7.99. The highest BCUT2D eigenvalue weighted by Gasteiger charge is 2.30. The summed E-state index contributed by atoms with van der Waals surface area (Å²) in [5.41, 5.74) is 7.89. The van der Waals surface area contributed by atoms with Gasteiger partial charge in [0.05, 0.1) is 94.6 Å². The predicted octanol–water partition coefficient (Wildman–Crippen LogP) is 26.6. The maximum atomic E-state index is 13.2. The van der Waals surface area contributed by atoms with Crippen LogP contribution in [0.15, 0.2) is 362 Å². The normalized spacial score (nSPS) is 11.8. The molecule has 9 heterocycles. The van der Waals surface area contributed by atoms with Crippen LogP contribution >= 0.6 is 46.0 Å². The fraction of sp³-hybridized carbons (Fsp3) is 0.0377. The molecule has 23 rings (SSSR count). The summed E-state index contributed by atoms with van der Waals surface area (Å²) in [6, 6.07) is 87.1. The van der Waals surface area contributed by atoms with Gasteiger partial charge in [-0.1, -0.05) is 229 Å². The molecule has 720 valence electrons. The Kier molecular flexibility index (Phi) is 27.9. The molecule has 1 aliphatic heterocycles. The van der Waals surface area contributed by atoms with Crippen molar-refractivity contribution in [3.8, 4) is 55.7 Å². The number of H-pyrrole nitrogens is 1. The zero-order chi connectivity index (χ0) is 102. The van der Waals surface area contributed by atoms with E-state index in [-0.39, 0.29) is 126 Å². The number of phenols is 4. The van der Waals surface area contributed by atoms with E-state index in [9.17, 15) is 39.6 Å². The van der Waals surface area contributed by atoms with Gasteiger partial charge in [0.1, 0.15) is 33.3 Å².